The maximum Gasteiger partial charge on any atom is 0.261 e. The van der Waals surface area contributed by atoms with Crippen molar-refractivity contribution in [2.24, 2.45) is 0 Å². The summed E-state index contributed by atoms with van der Waals surface area (Å²) in [7, 11) is 0. The normalized spacial score (nSPS) is 10.3. The lowest BCUT2D eigenvalue weighted by atomic mass is 10.2. The van der Waals surface area contributed by atoms with E-state index in [1.807, 2.05) is 24.3 Å². The highest BCUT2D eigenvalue weighted by Crippen LogP contribution is 2.32. The first-order chi connectivity index (χ1) is 8.58. The molecular formula is C12H10Br2N2OS. The predicted molar refractivity (Wildman–Crippen MR) is 81.7 cm³/mol. The van der Waals surface area contributed by atoms with E-state index in [4.69, 9.17) is 5.73 Å². The number of nitrogens with two attached hydrogens (primary N) is 1. The fourth-order valence-electron chi connectivity index (χ4n) is 1.42. The molecule has 0 bridgehead atoms. The van der Waals surface area contributed by atoms with Gasteiger partial charge in [0.05, 0.1) is 8.66 Å². The Morgan fingerprint density at radius 2 is 2.06 bits per heavy atom. The topological polar surface area (TPSA) is 55.1 Å². The Labute approximate surface area is 126 Å². The van der Waals surface area contributed by atoms with Gasteiger partial charge >= 0.3 is 0 Å². The van der Waals surface area contributed by atoms with Gasteiger partial charge < -0.3 is 11.1 Å². The molecule has 1 amide bonds. The molecule has 94 valence electrons. The van der Waals surface area contributed by atoms with Gasteiger partial charge in [-0.05, 0) is 49.6 Å². The van der Waals surface area contributed by atoms with Gasteiger partial charge in [0.1, 0.15) is 0 Å². The zero-order chi connectivity index (χ0) is 13.1. The molecular weight excluding hydrogens is 380 g/mol. The van der Waals surface area contributed by atoms with Crippen LogP contribution in [-0.2, 0) is 6.54 Å². The summed E-state index contributed by atoms with van der Waals surface area (Å²) in [6.07, 6.45) is 0. The molecule has 0 radical (unpaired) electrons. The van der Waals surface area contributed by atoms with Gasteiger partial charge in [-0.25, -0.2) is 0 Å². The molecule has 0 spiro atoms. The smallest absolute Gasteiger partial charge is 0.261 e. The molecule has 1 aromatic carbocycles. The first-order valence-corrected chi connectivity index (χ1v) is 7.54. The first kappa shape index (κ1) is 13.6. The molecule has 0 aliphatic carbocycles. The molecule has 1 heterocycles. The zero-order valence-corrected chi connectivity index (χ0v) is 13.2. The highest BCUT2D eigenvalue weighted by Gasteiger charge is 2.11. The monoisotopic (exact) mass is 388 g/mol. The summed E-state index contributed by atoms with van der Waals surface area (Å²) in [5.74, 6) is -0.102. The minimum absolute atomic E-state index is 0.102. The quantitative estimate of drug-likeness (QED) is 0.784. The van der Waals surface area contributed by atoms with E-state index in [1.54, 1.807) is 6.07 Å². The van der Waals surface area contributed by atoms with Crippen molar-refractivity contribution in [2.75, 3.05) is 5.73 Å². The number of rotatable bonds is 3. The molecule has 3 N–H and O–H groups in total. The van der Waals surface area contributed by atoms with Crippen LogP contribution in [0.5, 0.6) is 0 Å². The second-order valence-electron chi connectivity index (χ2n) is 3.61. The number of hydrogen-bond acceptors (Lipinski definition) is 3. The van der Waals surface area contributed by atoms with E-state index in [1.165, 1.54) is 11.3 Å². The Kier molecular flexibility index (Phi) is 4.42. The number of anilines is 1. The molecule has 2 rings (SSSR count). The predicted octanol–water partition coefficient (Wildman–Crippen LogP) is 3.79. The summed E-state index contributed by atoms with van der Waals surface area (Å²) < 4.78 is 1.80. The Balaban J connectivity index is 2.03. The number of amides is 1. The Bertz CT molecular complexity index is 564. The number of benzene rings is 1. The molecule has 2 aromatic rings. The Hall–Kier alpha value is -0.850. The van der Waals surface area contributed by atoms with Gasteiger partial charge in [-0.1, -0.05) is 18.2 Å². The standard InChI is InChI=1S/C12H10Br2N2OS/c13-8-5-10(18-11(8)14)12(17)16-6-7-3-1-2-4-9(7)15/h1-5H,6,15H2,(H,16,17). The lowest BCUT2D eigenvalue weighted by Gasteiger charge is -2.06. The fraction of sp³-hybridized carbons (Fsp3) is 0.0833. The summed E-state index contributed by atoms with van der Waals surface area (Å²) in [6, 6.07) is 9.28. The second-order valence-corrected chi connectivity index (χ2v) is 6.84. The molecule has 6 heteroatoms. The van der Waals surface area contributed by atoms with E-state index < -0.39 is 0 Å². The lowest BCUT2D eigenvalue weighted by molar-refractivity contribution is 0.0955. The van der Waals surface area contributed by atoms with Crippen molar-refractivity contribution in [3.8, 4) is 0 Å². The van der Waals surface area contributed by atoms with Crippen molar-refractivity contribution >= 4 is 54.8 Å². The minimum atomic E-state index is -0.102. The third-order valence-electron chi connectivity index (χ3n) is 2.36. The molecule has 0 aliphatic heterocycles. The van der Waals surface area contributed by atoms with Crippen molar-refractivity contribution in [1.29, 1.82) is 0 Å². The number of thiophene rings is 1. The van der Waals surface area contributed by atoms with Crippen LogP contribution in [0.25, 0.3) is 0 Å². The van der Waals surface area contributed by atoms with Crippen LogP contribution >= 0.6 is 43.2 Å². The van der Waals surface area contributed by atoms with Gasteiger partial charge in [0, 0.05) is 16.7 Å². The maximum absolute atomic E-state index is 11.9. The first-order valence-electron chi connectivity index (χ1n) is 5.14. The van der Waals surface area contributed by atoms with Gasteiger partial charge in [0.25, 0.3) is 5.91 Å². The van der Waals surface area contributed by atoms with Crippen molar-refractivity contribution < 1.29 is 4.79 Å². The largest absolute Gasteiger partial charge is 0.398 e. The molecule has 0 fully saturated rings. The molecule has 0 saturated heterocycles. The molecule has 0 aliphatic rings. The van der Waals surface area contributed by atoms with Crippen LogP contribution in [-0.4, -0.2) is 5.91 Å². The van der Waals surface area contributed by atoms with Gasteiger partial charge in [0.15, 0.2) is 0 Å². The number of carbonyl (C=O) groups excluding carboxylic acids is 1. The van der Waals surface area contributed by atoms with E-state index >= 15 is 0 Å². The summed E-state index contributed by atoms with van der Waals surface area (Å²) >= 11 is 8.11. The average Bonchev–Trinajstić information content (AvgIpc) is 2.68. The molecule has 0 unspecified atom stereocenters. The summed E-state index contributed by atoms with van der Waals surface area (Å²) in [5, 5.41) is 2.85. The zero-order valence-electron chi connectivity index (χ0n) is 9.24. The Morgan fingerprint density at radius 1 is 1.33 bits per heavy atom. The summed E-state index contributed by atoms with van der Waals surface area (Å²) in [4.78, 5) is 12.6. The van der Waals surface area contributed by atoms with Gasteiger partial charge in [-0.3, -0.25) is 4.79 Å². The van der Waals surface area contributed by atoms with Crippen LogP contribution in [0.15, 0.2) is 38.6 Å². The number of para-hydroxylation sites is 1. The highest BCUT2D eigenvalue weighted by molar-refractivity contribution is 9.13. The SMILES string of the molecule is Nc1ccccc1CNC(=O)c1cc(Br)c(Br)s1. The molecule has 3 nitrogen and oxygen atoms in total. The van der Waals surface area contributed by atoms with E-state index in [2.05, 4.69) is 37.2 Å². The molecule has 1 aromatic heterocycles. The summed E-state index contributed by atoms with van der Waals surface area (Å²) in [5.41, 5.74) is 7.41. The molecule has 0 saturated carbocycles. The van der Waals surface area contributed by atoms with Crippen molar-refractivity contribution in [3.63, 3.8) is 0 Å². The average molecular weight is 390 g/mol. The van der Waals surface area contributed by atoms with E-state index in [9.17, 15) is 4.79 Å². The minimum Gasteiger partial charge on any atom is -0.398 e. The van der Waals surface area contributed by atoms with E-state index in [-0.39, 0.29) is 5.91 Å². The van der Waals surface area contributed by atoms with Crippen molar-refractivity contribution in [3.05, 3.63) is 49.0 Å². The maximum atomic E-state index is 11.9. The van der Waals surface area contributed by atoms with Gasteiger partial charge in [0.2, 0.25) is 0 Å². The van der Waals surface area contributed by atoms with Gasteiger partial charge in [-0.15, -0.1) is 11.3 Å². The van der Waals surface area contributed by atoms with Crippen LogP contribution in [0.4, 0.5) is 5.69 Å². The second kappa shape index (κ2) is 5.86. The number of halogens is 2. The molecule has 18 heavy (non-hydrogen) atoms. The van der Waals surface area contributed by atoms with Crippen molar-refractivity contribution in [1.82, 2.24) is 5.32 Å². The van der Waals surface area contributed by atoms with Crippen LogP contribution in [0, 0.1) is 0 Å². The van der Waals surface area contributed by atoms with E-state index in [0.29, 0.717) is 17.1 Å². The van der Waals surface area contributed by atoms with Crippen LogP contribution in [0.2, 0.25) is 0 Å². The Morgan fingerprint density at radius 3 is 2.67 bits per heavy atom. The summed E-state index contributed by atoms with van der Waals surface area (Å²) in [6.45, 7) is 0.429. The molecule has 0 atom stereocenters. The van der Waals surface area contributed by atoms with E-state index in [0.717, 1.165) is 13.8 Å². The third kappa shape index (κ3) is 3.13. The number of nitrogen functional groups attached to an aromatic ring is 1. The highest BCUT2D eigenvalue weighted by atomic mass is 79.9. The van der Waals surface area contributed by atoms with Crippen LogP contribution in [0.3, 0.4) is 0 Å². The van der Waals surface area contributed by atoms with Crippen molar-refractivity contribution in [2.45, 2.75) is 6.54 Å². The number of carbonyl (C=O) groups is 1. The number of nitrogens with one attached hydrogen (secondary N) is 1. The third-order valence-corrected chi connectivity index (χ3v) is 5.62. The fourth-order valence-corrected chi connectivity index (χ4v) is 3.37. The number of hydrogen-bond donors (Lipinski definition) is 2. The van der Waals surface area contributed by atoms with Gasteiger partial charge in [-0.2, -0.15) is 0 Å². The van der Waals surface area contributed by atoms with Crippen LogP contribution in [0.1, 0.15) is 15.2 Å². The van der Waals surface area contributed by atoms with Crippen LogP contribution < -0.4 is 11.1 Å². The lowest BCUT2D eigenvalue weighted by Crippen LogP contribution is -2.22.